The van der Waals surface area contributed by atoms with Crippen molar-refractivity contribution in [1.29, 1.82) is 0 Å². The molecule has 4 nitrogen and oxygen atoms in total. The number of alkyl halides is 3. The summed E-state index contributed by atoms with van der Waals surface area (Å²) < 4.78 is 43.8. The van der Waals surface area contributed by atoms with E-state index < -0.39 is 28.3 Å². The van der Waals surface area contributed by atoms with Crippen LogP contribution in [0.3, 0.4) is 0 Å². The maximum atomic E-state index is 12.8. The van der Waals surface area contributed by atoms with Gasteiger partial charge in [-0.25, -0.2) is 0 Å². The zero-order valence-corrected chi connectivity index (χ0v) is 13.9. The van der Waals surface area contributed by atoms with Gasteiger partial charge in [0.1, 0.15) is 5.60 Å². The highest BCUT2D eigenvalue weighted by atomic mass is 35.5. The Balaban J connectivity index is 0.00000264. The number of halogens is 5. The number of nitrogens with one attached hydrogen (secondary N) is 2. The van der Waals surface area contributed by atoms with Crippen molar-refractivity contribution in [2.45, 2.75) is 24.6 Å². The molecule has 2 rings (SSSR count). The largest absolute Gasteiger partial charge is 0.417 e. The lowest BCUT2D eigenvalue weighted by atomic mass is 9.91. The van der Waals surface area contributed by atoms with Crippen molar-refractivity contribution in [2.24, 2.45) is 0 Å². The third kappa shape index (κ3) is 4.50. The van der Waals surface area contributed by atoms with Crippen molar-refractivity contribution < 1.29 is 22.7 Å². The average molecular weight is 373 g/mol. The molecule has 0 atom stereocenters. The summed E-state index contributed by atoms with van der Waals surface area (Å²) in [7, 11) is 1.42. The molecule has 0 aliphatic carbocycles. The summed E-state index contributed by atoms with van der Waals surface area (Å²) in [6.07, 6.45) is -3.67. The number of piperidine rings is 1. The van der Waals surface area contributed by atoms with Gasteiger partial charge in [0.05, 0.1) is 10.6 Å². The van der Waals surface area contributed by atoms with E-state index in [1.54, 1.807) is 0 Å². The molecule has 2 N–H and O–H groups in total. The Kier molecular flexibility index (Phi) is 6.70. The second-order valence-electron chi connectivity index (χ2n) is 5.09. The molecule has 1 aromatic rings. The van der Waals surface area contributed by atoms with Gasteiger partial charge in [0.25, 0.3) is 5.91 Å². The standard InChI is InChI=1S/C14H16ClF3N2O2.ClH/c1-22-13(4-6-19-7-5-13)12(21)20-9-2-3-11(15)10(8-9)14(16,17)18;/h2-3,8,19H,4-7H2,1H3,(H,20,21);1H. The molecule has 1 aliphatic heterocycles. The smallest absolute Gasteiger partial charge is 0.368 e. The van der Waals surface area contributed by atoms with Crippen molar-refractivity contribution in [3.63, 3.8) is 0 Å². The molecule has 9 heteroatoms. The highest BCUT2D eigenvalue weighted by molar-refractivity contribution is 6.31. The fourth-order valence-corrected chi connectivity index (χ4v) is 2.64. The summed E-state index contributed by atoms with van der Waals surface area (Å²) in [4.78, 5) is 12.4. The Morgan fingerprint density at radius 3 is 2.48 bits per heavy atom. The van der Waals surface area contributed by atoms with Crippen molar-refractivity contribution in [2.75, 3.05) is 25.5 Å². The molecule has 1 aromatic carbocycles. The van der Waals surface area contributed by atoms with Crippen LogP contribution in [0.15, 0.2) is 18.2 Å². The van der Waals surface area contributed by atoms with Gasteiger partial charge in [0.2, 0.25) is 0 Å². The molecule has 1 aliphatic rings. The number of ether oxygens (including phenoxy) is 1. The number of benzene rings is 1. The van der Waals surface area contributed by atoms with Crippen LogP contribution in [0.5, 0.6) is 0 Å². The lowest BCUT2D eigenvalue weighted by Crippen LogP contribution is -2.51. The molecule has 1 amide bonds. The van der Waals surface area contributed by atoms with Crippen LogP contribution in [0.1, 0.15) is 18.4 Å². The van der Waals surface area contributed by atoms with Crippen LogP contribution < -0.4 is 10.6 Å². The first-order valence-electron chi connectivity index (χ1n) is 6.72. The zero-order chi connectivity index (χ0) is 16.4. The molecule has 0 bridgehead atoms. The number of carbonyl (C=O) groups excluding carboxylic acids is 1. The number of methoxy groups -OCH3 is 1. The van der Waals surface area contributed by atoms with Crippen LogP contribution >= 0.6 is 24.0 Å². The molecule has 0 radical (unpaired) electrons. The Morgan fingerprint density at radius 1 is 1.35 bits per heavy atom. The predicted octanol–water partition coefficient (Wildman–Crippen LogP) is 3.49. The van der Waals surface area contributed by atoms with Gasteiger partial charge in [0.15, 0.2) is 0 Å². The summed E-state index contributed by atoms with van der Waals surface area (Å²) >= 11 is 5.56. The fraction of sp³-hybridized carbons (Fsp3) is 0.500. The molecule has 23 heavy (non-hydrogen) atoms. The Bertz CT molecular complexity index is 561. The van der Waals surface area contributed by atoms with E-state index in [9.17, 15) is 18.0 Å². The first-order chi connectivity index (χ1) is 10.3. The lowest BCUT2D eigenvalue weighted by Gasteiger charge is -2.34. The maximum absolute atomic E-state index is 12.8. The quantitative estimate of drug-likeness (QED) is 0.853. The summed E-state index contributed by atoms with van der Waals surface area (Å²) in [6.45, 7) is 1.21. The summed E-state index contributed by atoms with van der Waals surface area (Å²) in [5.41, 5.74) is -1.97. The Labute approximate surface area is 143 Å². The van der Waals surface area contributed by atoms with E-state index in [2.05, 4.69) is 10.6 Å². The molecule has 1 heterocycles. The van der Waals surface area contributed by atoms with E-state index in [0.717, 1.165) is 12.1 Å². The van der Waals surface area contributed by atoms with Crippen molar-refractivity contribution in [3.8, 4) is 0 Å². The number of hydrogen-bond acceptors (Lipinski definition) is 3. The second kappa shape index (κ2) is 7.70. The van der Waals surface area contributed by atoms with Gasteiger partial charge < -0.3 is 15.4 Å². The van der Waals surface area contributed by atoms with Crippen LogP contribution in [0.25, 0.3) is 0 Å². The molecule has 0 unspecified atom stereocenters. The molecule has 1 saturated heterocycles. The van der Waals surface area contributed by atoms with Crippen LogP contribution in [0.4, 0.5) is 18.9 Å². The highest BCUT2D eigenvalue weighted by Gasteiger charge is 2.40. The van der Waals surface area contributed by atoms with Gasteiger partial charge in [0, 0.05) is 12.8 Å². The minimum absolute atomic E-state index is 0. The summed E-state index contributed by atoms with van der Waals surface area (Å²) in [6, 6.07) is 3.27. The van der Waals surface area contributed by atoms with E-state index in [4.69, 9.17) is 16.3 Å². The van der Waals surface area contributed by atoms with Crippen molar-refractivity contribution in [3.05, 3.63) is 28.8 Å². The van der Waals surface area contributed by atoms with E-state index in [0.29, 0.717) is 25.9 Å². The van der Waals surface area contributed by atoms with Gasteiger partial charge >= 0.3 is 6.18 Å². The van der Waals surface area contributed by atoms with Crippen LogP contribution in [-0.4, -0.2) is 31.7 Å². The molecule has 0 aromatic heterocycles. The van der Waals surface area contributed by atoms with Gasteiger partial charge in [-0.3, -0.25) is 4.79 Å². The monoisotopic (exact) mass is 372 g/mol. The molecule has 130 valence electrons. The normalized spacial score (nSPS) is 17.3. The molecule has 0 spiro atoms. The zero-order valence-electron chi connectivity index (χ0n) is 12.3. The molecule has 1 fully saturated rings. The first-order valence-corrected chi connectivity index (χ1v) is 7.10. The summed E-state index contributed by atoms with van der Waals surface area (Å²) in [5, 5.41) is 5.19. The van der Waals surface area contributed by atoms with Crippen LogP contribution in [0.2, 0.25) is 5.02 Å². The maximum Gasteiger partial charge on any atom is 0.417 e. The molecular formula is C14H17Cl2F3N2O2. The number of carbonyl (C=O) groups is 1. The second-order valence-corrected chi connectivity index (χ2v) is 5.50. The van der Waals surface area contributed by atoms with Gasteiger partial charge in [-0.05, 0) is 44.1 Å². The van der Waals surface area contributed by atoms with Gasteiger partial charge in [-0.1, -0.05) is 11.6 Å². The number of hydrogen-bond donors (Lipinski definition) is 2. The van der Waals surface area contributed by atoms with E-state index in [1.807, 2.05) is 0 Å². The predicted molar refractivity (Wildman–Crippen MR) is 84.2 cm³/mol. The molecular weight excluding hydrogens is 356 g/mol. The third-order valence-corrected chi connectivity index (χ3v) is 4.07. The Hall–Kier alpha value is -1.02. The minimum atomic E-state index is -4.58. The number of amides is 1. The van der Waals surface area contributed by atoms with E-state index >= 15 is 0 Å². The van der Waals surface area contributed by atoms with Crippen molar-refractivity contribution in [1.82, 2.24) is 5.32 Å². The lowest BCUT2D eigenvalue weighted by molar-refractivity contribution is -0.141. The average Bonchev–Trinajstić information content (AvgIpc) is 2.48. The fourth-order valence-electron chi connectivity index (χ4n) is 2.42. The molecule has 0 saturated carbocycles. The van der Waals surface area contributed by atoms with Gasteiger partial charge in [-0.15, -0.1) is 12.4 Å². The van der Waals surface area contributed by atoms with Crippen LogP contribution in [-0.2, 0) is 15.7 Å². The van der Waals surface area contributed by atoms with Gasteiger partial charge in [-0.2, -0.15) is 13.2 Å². The van der Waals surface area contributed by atoms with Crippen molar-refractivity contribution >= 4 is 35.6 Å². The topological polar surface area (TPSA) is 50.4 Å². The summed E-state index contributed by atoms with van der Waals surface area (Å²) in [5.74, 6) is -0.452. The van der Waals surface area contributed by atoms with E-state index in [1.165, 1.54) is 13.2 Å². The highest BCUT2D eigenvalue weighted by Crippen LogP contribution is 2.36. The SMILES string of the molecule is COC1(C(=O)Nc2ccc(Cl)c(C(F)(F)F)c2)CCNCC1.Cl. The van der Waals surface area contributed by atoms with E-state index in [-0.39, 0.29) is 18.1 Å². The number of rotatable bonds is 3. The number of anilines is 1. The van der Waals surface area contributed by atoms with Crippen LogP contribution in [0, 0.1) is 0 Å². The first kappa shape index (κ1) is 20.0. The Morgan fingerprint density at radius 2 is 1.96 bits per heavy atom. The minimum Gasteiger partial charge on any atom is -0.368 e. The third-order valence-electron chi connectivity index (χ3n) is 3.75.